The highest BCUT2D eigenvalue weighted by Crippen LogP contribution is 2.32. The molecule has 0 saturated carbocycles. The number of hydrogen-bond acceptors (Lipinski definition) is 4. The van der Waals surface area contributed by atoms with Gasteiger partial charge in [0.2, 0.25) is 0 Å². The van der Waals surface area contributed by atoms with Crippen LogP contribution in [0.4, 0.5) is 0 Å². The molecule has 1 unspecified atom stereocenters. The molecule has 1 amide bonds. The first-order chi connectivity index (χ1) is 12.3. The molecular weight excluding hydrogens is 316 g/mol. The Bertz CT molecular complexity index is 695. The number of nitrogens with zero attached hydrogens (tertiary/aromatic N) is 3. The highest BCUT2D eigenvalue weighted by atomic mass is 16.5. The van der Waals surface area contributed by atoms with E-state index in [-0.39, 0.29) is 12.0 Å². The van der Waals surface area contributed by atoms with Gasteiger partial charge in [-0.3, -0.25) is 9.48 Å². The van der Waals surface area contributed by atoms with Crippen LogP contribution in [0.3, 0.4) is 0 Å². The Kier molecular flexibility index (Phi) is 4.55. The van der Waals surface area contributed by atoms with Crippen molar-refractivity contribution < 1.29 is 9.53 Å². The zero-order valence-electron chi connectivity index (χ0n) is 14.3. The molecule has 4 rings (SSSR count). The lowest BCUT2D eigenvalue weighted by molar-refractivity contribution is -0.151. The van der Waals surface area contributed by atoms with Gasteiger partial charge in [-0.25, -0.2) is 0 Å². The van der Waals surface area contributed by atoms with E-state index in [0.717, 1.165) is 31.5 Å². The van der Waals surface area contributed by atoms with E-state index in [1.165, 1.54) is 0 Å². The van der Waals surface area contributed by atoms with Crippen molar-refractivity contribution in [3.05, 3.63) is 54.4 Å². The number of nitrogens with one attached hydrogen (secondary N) is 1. The summed E-state index contributed by atoms with van der Waals surface area (Å²) in [5.74, 6) is 0.168. The van der Waals surface area contributed by atoms with Gasteiger partial charge in [0.1, 0.15) is 11.6 Å². The first kappa shape index (κ1) is 16.3. The van der Waals surface area contributed by atoms with Gasteiger partial charge in [-0.2, -0.15) is 5.10 Å². The van der Waals surface area contributed by atoms with E-state index in [4.69, 9.17) is 4.74 Å². The van der Waals surface area contributed by atoms with Crippen molar-refractivity contribution in [1.29, 1.82) is 0 Å². The lowest BCUT2D eigenvalue weighted by Crippen LogP contribution is -2.57. The Balaban J connectivity index is 1.58. The van der Waals surface area contributed by atoms with Crippen molar-refractivity contribution in [3.8, 4) is 0 Å². The van der Waals surface area contributed by atoms with Gasteiger partial charge in [0.25, 0.3) is 5.91 Å². The van der Waals surface area contributed by atoms with Crippen LogP contribution in [-0.4, -0.2) is 53.4 Å². The largest absolute Gasteiger partial charge is 0.370 e. The maximum absolute atomic E-state index is 13.5. The molecule has 1 N–H and O–H groups in total. The Hall–Kier alpha value is -2.18. The van der Waals surface area contributed by atoms with Gasteiger partial charge in [-0.05, 0) is 37.6 Å². The zero-order valence-corrected chi connectivity index (χ0v) is 14.3. The Morgan fingerprint density at radius 1 is 1.20 bits per heavy atom. The molecule has 1 aromatic heterocycles. The van der Waals surface area contributed by atoms with Gasteiger partial charge >= 0.3 is 0 Å². The quantitative estimate of drug-likeness (QED) is 0.921. The van der Waals surface area contributed by atoms with Crippen LogP contribution in [0.5, 0.6) is 0 Å². The Morgan fingerprint density at radius 3 is 2.72 bits per heavy atom. The fourth-order valence-corrected chi connectivity index (χ4v) is 3.90. The number of aromatic nitrogens is 2. The van der Waals surface area contributed by atoms with Gasteiger partial charge in [-0.15, -0.1) is 0 Å². The molecule has 0 aliphatic carbocycles. The van der Waals surface area contributed by atoms with Crippen molar-refractivity contribution in [2.24, 2.45) is 0 Å². The summed E-state index contributed by atoms with van der Waals surface area (Å²) >= 11 is 0. The van der Waals surface area contributed by atoms with E-state index >= 15 is 0 Å². The van der Waals surface area contributed by atoms with Crippen LogP contribution in [0.2, 0.25) is 0 Å². The van der Waals surface area contributed by atoms with E-state index < -0.39 is 5.54 Å². The van der Waals surface area contributed by atoms with E-state index in [9.17, 15) is 4.79 Å². The van der Waals surface area contributed by atoms with Gasteiger partial charge < -0.3 is 15.0 Å². The van der Waals surface area contributed by atoms with Crippen LogP contribution in [0, 0.1) is 0 Å². The summed E-state index contributed by atoms with van der Waals surface area (Å²) in [6, 6.07) is 12.0. The zero-order chi connectivity index (χ0) is 17.1. The number of hydrogen-bond donors (Lipinski definition) is 1. The predicted octanol–water partition coefficient (Wildman–Crippen LogP) is 1.56. The Morgan fingerprint density at radius 2 is 2.00 bits per heavy atom. The van der Waals surface area contributed by atoms with Gasteiger partial charge in [-0.1, -0.05) is 30.3 Å². The molecular formula is C19H24N4O2. The van der Waals surface area contributed by atoms with E-state index in [2.05, 4.69) is 22.5 Å². The second kappa shape index (κ2) is 6.98. The molecule has 1 aromatic carbocycles. The number of amides is 1. The van der Waals surface area contributed by atoms with Crippen molar-refractivity contribution in [3.63, 3.8) is 0 Å². The number of carbonyl (C=O) groups is 1. The monoisotopic (exact) mass is 340 g/mol. The summed E-state index contributed by atoms with van der Waals surface area (Å²) in [4.78, 5) is 15.5. The Labute approximate surface area is 147 Å². The number of carbonyl (C=O) groups excluding carboxylic acids is 1. The third kappa shape index (κ3) is 3.07. The van der Waals surface area contributed by atoms with Crippen molar-refractivity contribution in [2.75, 3.05) is 32.8 Å². The lowest BCUT2D eigenvalue weighted by Gasteiger charge is -2.42. The van der Waals surface area contributed by atoms with Gasteiger partial charge in [0.05, 0.1) is 13.2 Å². The minimum absolute atomic E-state index is 0.0599. The number of piperidine rings is 1. The molecule has 0 spiro atoms. The van der Waals surface area contributed by atoms with Crippen LogP contribution in [0.1, 0.15) is 24.5 Å². The predicted molar refractivity (Wildman–Crippen MR) is 94.0 cm³/mol. The van der Waals surface area contributed by atoms with Crippen molar-refractivity contribution >= 4 is 5.91 Å². The molecule has 2 saturated heterocycles. The highest BCUT2D eigenvalue weighted by Gasteiger charge is 2.45. The first-order valence-electron chi connectivity index (χ1n) is 8.96. The summed E-state index contributed by atoms with van der Waals surface area (Å²) in [5.41, 5.74) is 0.548. The van der Waals surface area contributed by atoms with Crippen LogP contribution in [0.15, 0.2) is 48.8 Å². The average Bonchev–Trinajstić information content (AvgIpc) is 3.24. The molecule has 132 valence electrons. The smallest absolute Gasteiger partial charge is 0.250 e. The maximum atomic E-state index is 13.5. The molecule has 2 aliphatic heterocycles. The normalized spacial score (nSPS) is 23.4. The molecule has 2 aromatic rings. The fourth-order valence-electron chi connectivity index (χ4n) is 3.90. The average molecular weight is 340 g/mol. The van der Waals surface area contributed by atoms with Crippen LogP contribution >= 0.6 is 0 Å². The molecule has 2 aliphatic rings. The summed E-state index contributed by atoms with van der Waals surface area (Å²) in [6.45, 7) is 3.47. The molecule has 1 atom stereocenters. The number of rotatable bonds is 3. The van der Waals surface area contributed by atoms with Crippen LogP contribution in [-0.2, 0) is 15.1 Å². The number of ether oxygens (including phenoxy) is 1. The minimum atomic E-state index is -0.576. The van der Waals surface area contributed by atoms with Crippen molar-refractivity contribution in [1.82, 2.24) is 20.0 Å². The van der Waals surface area contributed by atoms with Gasteiger partial charge in [0, 0.05) is 18.9 Å². The number of benzene rings is 1. The summed E-state index contributed by atoms with van der Waals surface area (Å²) in [6.07, 6.45) is 5.14. The standard InChI is InChI=1S/C19H24N4O2/c24-18(19(7-10-20-11-8-19)23-12-4-9-21-23)22-13-14-25-17(15-22)16-5-2-1-3-6-16/h1-6,9,12,17,20H,7-8,10-11,13-15H2. The SMILES string of the molecule is O=C(N1CCOC(c2ccccc2)C1)C1(n2cccn2)CCNCC1. The fraction of sp³-hybridized carbons (Fsp3) is 0.474. The van der Waals surface area contributed by atoms with E-state index in [0.29, 0.717) is 19.7 Å². The van der Waals surface area contributed by atoms with E-state index in [1.807, 2.05) is 40.0 Å². The molecule has 6 nitrogen and oxygen atoms in total. The third-order valence-corrected chi connectivity index (χ3v) is 5.30. The van der Waals surface area contributed by atoms with Gasteiger partial charge in [0.15, 0.2) is 0 Å². The molecule has 3 heterocycles. The molecule has 2 fully saturated rings. The summed E-state index contributed by atoms with van der Waals surface area (Å²) in [5, 5.41) is 7.77. The topological polar surface area (TPSA) is 59.4 Å². The first-order valence-corrected chi connectivity index (χ1v) is 8.96. The highest BCUT2D eigenvalue weighted by molar-refractivity contribution is 5.85. The molecule has 6 heteroatoms. The number of morpholine rings is 1. The molecule has 0 bridgehead atoms. The molecule has 0 radical (unpaired) electrons. The second-order valence-electron chi connectivity index (χ2n) is 6.75. The summed E-state index contributed by atoms with van der Waals surface area (Å²) < 4.78 is 7.79. The minimum Gasteiger partial charge on any atom is -0.370 e. The van der Waals surface area contributed by atoms with Crippen LogP contribution < -0.4 is 5.32 Å². The summed E-state index contributed by atoms with van der Waals surface area (Å²) in [7, 11) is 0. The van der Waals surface area contributed by atoms with Crippen LogP contribution in [0.25, 0.3) is 0 Å². The molecule has 25 heavy (non-hydrogen) atoms. The second-order valence-corrected chi connectivity index (χ2v) is 6.75. The maximum Gasteiger partial charge on any atom is 0.250 e. The third-order valence-electron chi connectivity index (χ3n) is 5.30. The van der Waals surface area contributed by atoms with E-state index in [1.54, 1.807) is 6.20 Å². The lowest BCUT2D eigenvalue weighted by atomic mass is 9.86. The van der Waals surface area contributed by atoms with Crippen molar-refractivity contribution in [2.45, 2.75) is 24.5 Å².